The first-order valence-corrected chi connectivity index (χ1v) is 13.6. The minimum atomic E-state index is -0.296. The van der Waals surface area contributed by atoms with Gasteiger partial charge in [-0.1, -0.05) is 24.3 Å². The fraction of sp³-hybridized carbons (Fsp3) is 0.308. The summed E-state index contributed by atoms with van der Waals surface area (Å²) in [6, 6.07) is 13.3. The van der Waals surface area contributed by atoms with E-state index in [1.165, 1.54) is 22.7 Å². The van der Waals surface area contributed by atoms with Crippen molar-refractivity contribution in [3.8, 4) is 11.5 Å². The number of thiophene rings is 1. The second kappa shape index (κ2) is 10.6. The van der Waals surface area contributed by atoms with Crippen LogP contribution in [0.15, 0.2) is 57.6 Å². The number of para-hydroxylation sites is 1. The molecule has 1 aromatic carbocycles. The van der Waals surface area contributed by atoms with E-state index < -0.39 is 0 Å². The van der Waals surface area contributed by atoms with Gasteiger partial charge in [0.2, 0.25) is 11.8 Å². The van der Waals surface area contributed by atoms with Crippen molar-refractivity contribution in [2.24, 2.45) is 11.7 Å². The molecule has 5 rings (SSSR count). The molecule has 10 heteroatoms. The van der Waals surface area contributed by atoms with Crippen molar-refractivity contribution in [1.29, 1.82) is 0 Å². The largest absolute Gasteiger partial charge is 0.454 e. The number of carbonyl (C=O) groups is 3. The van der Waals surface area contributed by atoms with Gasteiger partial charge in [0.1, 0.15) is 11.3 Å². The maximum atomic E-state index is 13.3. The summed E-state index contributed by atoms with van der Waals surface area (Å²) < 4.78 is 5.95. The zero-order valence-electron chi connectivity index (χ0n) is 19.6. The Hall–Kier alpha value is -3.50. The zero-order valence-corrected chi connectivity index (χ0v) is 21.2. The van der Waals surface area contributed by atoms with Gasteiger partial charge in [0.25, 0.3) is 5.91 Å². The fourth-order valence-electron chi connectivity index (χ4n) is 4.39. The monoisotopic (exact) mass is 522 g/mol. The quantitative estimate of drug-likeness (QED) is 0.359. The van der Waals surface area contributed by atoms with E-state index in [1.807, 2.05) is 47.2 Å². The molecule has 3 amide bonds. The van der Waals surface area contributed by atoms with Gasteiger partial charge in [0.05, 0.1) is 4.88 Å². The Kier molecular flexibility index (Phi) is 7.15. The topological polar surface area (TPSA) is 110 Å². The summed E-state index contributed by atoms with van der Waals surface area (Å²) in [5.74, 6) is 0.0969. The first-order chi connectivity index (χ1) is 17.5. The standard InChI is InChI=1S/C26H26N4O4S2/c27-24(32)17-9-12-29(13-10-17)23(31)8-3-11-30(25(33)22-7-4-14-35-22)26-28-19(16-36-26)21-15-18-5-1-2-6-20(18)34-21/h1-2,4-7,14-17H,3,8-13H2,(H2,27,32). The van der Waals surface area contributed by atoms with Crippen molar-refractivity contribution in [1.82, 2.24) is 9.88 Å². The number of likely N-dealkylation sites (tertiary alicyclic amines) is 1. The number of piperidine rings is 1. The third kappa shape index (κ3) is 5.19. The second-order valence-electron chi connectivity index (χ2n) is 8.76. The lowest BCUT2D eigenvalue weighted by atomic mass is 9.96. The summed E-state index contributed by atoms with van der Waals surface area (Å²) >= 11 is 2.76. The van der Waals surface area contributed by atoms with Gasteiger partial charge >= 0.3 is 0 Å². The molecule has 1 saturated heterocycles. The Morgan fingerprint density at radius 2 is 1.92 bits per heavy atom. The van der Waals surface area contributed by atoms with Crippen molar-refractivity contribution in [2.75, 3.05) is 24.5 Å². The molecule has 186 valence electrons. The van der Waals surface area contributed by atoms with E-state index in [1.54, 1.807) is 15.9 Å². The number of primary amides is 1. The summed E-state index contributed by atoms with van der Waals surface area (Å²) in [7, 11) is 0. The average molecular weight is 523 g/mol. The third-order valence-corrected chi connectivity index (χ3v) is 8.12. The predicted molar refractivity (Wildman–Crippen MR) is 141 cm³/mol. The number of carbonyl (C=O) groups excluding carboxylic acids is 3. The lowest BCUT2D eigenvalue weighted by molar-refractivity contribution is -0.134. The Morgan fingerprint density at radius 1 is 1.11 bits per heavy atom. The molecule has 36 heavy (non-hydrogen) atoms. The number of fused-ring (bicyclic) bond motifs is 1. The maximum absolute atomic E-state index is 13.3. The van der Waals surface area contributed by atoms with Crippen LogP contribution in [0.25, 0.3) is 22.4 Å². The minimum Gasteiger partial charge on any atom is -0.454 e. The van der Waals surface area contributed by atoms with Crippen LogP contribution in [0.5, 0.6) is 0 Å². The van der Waals surface area contributed by atoms with Crippen LogP contribution in [-0.2, 0) is 9.59 Å². The van der Waals surface area contributed by atoms with Crippen molar-refractivity contribution in [3.05, 3.63) is 58.1 Å². The highest BCUT2D eigenvalue weighted by molar-refractivity contribution is 7.14. The summed E-state index contributed by atoms with van der Waals surface area (Å²) in [5.41, 5.74) is 6.85. The van der Waals surface area contributed by atoms with E-state index in [0.717, 1.165) is 11.0 Å². The molecule has 2 N–H and O–H groups in total. The summed E-state index contributed by atoms with van der Waals surface area (Å²) in [5, 5.41) is 5.31. The Bertz CT molecular complexity index is 1340. The first-order valence-electron chi connectivity index (χ1n) is 11.9. The number of rotatable bonds is 8. The lowest BCUT2D eigenvalue weighted by Gasteiger charge is -2.30. The van der Waals surface area contributed by atoms with Crippen LogP contribution in [0, 0.1) is 5.92 Å². The van der Waals surface area contributed by atoms with Crippen LogP contribution in [0.3, 0.4) is 0 Å². The molecule has 0 saturated carbocycles. The molecule has 1 aliphatic heterocycles. The van der Waals surface area contributed by atoms with Crippen LogP contribution < -0.4 is 10.6 Å². The van der Waals surface area contributed by atoms with Crippen LogP contribution in [0.1, 0.15) is 35.4 Å². The Morgan fingerprint density at radius 3 is 2.64 bits per heavy atom. The van der Waals surface area contributed by atoms with Gasteiger partial charge in [-0.25, -0.2) is 4.98 Å². The third-order valence-electron chi connectivity index (χ3n) is 6.40. The summed E-state index contributed by atoms with van der Waals surface area (Å²) in [6.45, 7) is 1.45. The second-order valence-corrected chi connectivity index (χ2v) is 10.5. The number of benzene rings is 1. The summed E-state index contributed by atoms with van der Waals surface area (Å²) in [6.07, 6.45) is 2.03. The summed E-state index contributed by atoms with van der Waals surface area (Å²) in [4.78, 5) is 46.2. The number of amides is 3. The highest BCUT2D eigenvalue weighted by Gasteiger charge is 2.27. The van der Waals surface area contributed by atoms with Gasteiger partial charge in [-0.3, -0.25) is 19.3 Å². The van der Waals surface area contributed by atoms with Crippen molar-refractivity contribution >= 4 is 56.5 Å². The highest BCUT2D eigenvalue weighted by Crippen LogP contribution is 2.32. The van der Waals surface area contributed by atoms with E-state index in [9.17, 15) is 14.4 Å². The van der Waals surface area contributed by atoms with Gasteiger partial charge in [-0.15, -0.1) is 22.7 Å². The number of anilines is 1. The molecule has 1 fully saturated rings. The first kappa shape index (κ1) is 24.2. The zero-order chi connectivity index (χ0) is 25.1. The molecule has 0 unspecified atom stereocenters. The molecule has 8 nitrogen and oxygen atoms in total. The molecule has 4 aromatic rings. The van der Waals surface area contributed by atoms with Gasteiger partial charge in [-0.2, -0.15) is 0 Å². The number of nitrogens with zero attached hydrogens (tertiary/aromatic N) is 3. The van der Waals surface area contributed by atoms with E-state index in [2.05, 4.69) is 0 Å². The molecule has 0 atom stereocenters. The number of nitrogens with two attached hydrogens (primary N) is 1. The highest BCUT2D eigenvalue weighted by atomic mass is 32.1. The van der Waals surface area contributed by atoms with Crippen molar-refractivity contribution in [3.63, 3.8) is 0 Å². The molecule has 0 radical (unpaired) electrons. The smallest absolute Gasteiger partial charge is 0.270 e. The predicted octanol–water partition coefficient (Wildman–Crippen LogP) is 4.77. The van der Waals surface area contributed by atoms with Crippen molar-refractivity contribution in [2.45, 2.75) is 25.7 Å². The van der Waals surface area contributed by atoms with Gasteiger partial charge in [0, 0.05) is 42.7 Å². The number of hydrogen-bond acceptors (Lipinski definition) is 7. The molecule has 0 aliphatic carbocycles. The number of furan rings is 1. The van der Waals surface area contributed by atoms with E-state index in [-0.39, 0.29) is 23.6 Å². The molecular formula is C26H26N4O4S2. The molecular weight excluding hydrogens is 496 g/mol. The molecule has 0 bridgehead atoms. The van der Waals surface area contributed by atoms with E-state index >= 15 is 0 Å². The maximum Gasteiger partial charge on any atom is 0.270 e. The minimum absolute atomic E-state index is 0.0311. The molecule has 4 heterocycles. The lowest BCUT2D eigenvalue weighted by Crippen LogP contribution is -2.42. The van der Waals surface area contributed by atoms with Gasteiger partial charge in [0.15, 0.2) is 10.9 Å². The van der Waals surface area contributed by atoms with Crippen molar-refractivity contribution < 1.29 is 18.8 Å². The van der Waals surface area contributed by atoms with E-state index in [0.29, 0.717) is 66.8 Å². The SMILES string of the molecule is NC(=O)C1CCN(C(=O)CCCN(C(=O)c2cccs2)c2nc(-c3cc4ccccc4o3)cs2)CC1. The fourth-order valence-corrected chi connectivity index (χ4v) is 5.90. The Labute approximate surface area is 216 Å². The van der Waals surface area contributed by atoms with Gasteiger partial charge in [-0.05, 0) is 42.8 Å². The molecule has 1 aliphatic rings. The van der Waals surface area contributed by atoms with Gasteiger partial charge < -0.3 is 15.1 Å². The van der Waals surface area contributed by atoms with Crippen LogP contribution >= 0.6 is 22.7 Å². The number of thiazole rings is 1. The van der Waals surface area contributed by atoms with Crippen LogP contribution in [-0.4, -0.2) is 47.2 Å². The van der Waals surface area contributed by atoms with Crippen LogP contribution in [0.4, 0.5) is 5.13 Å². The van der Waals surface area contributed by atoms with Crippen LogP contribution in [0.2, 0.25) is 0 Å². The average Bonchev–Trinajstić information content (AvgIpc) is 3.66. The number of hydrogen-bond donors (Lipinski definition) is 1. The molecule has 3 aromatic heterocycles. The molecule has 0 spiro atoms. The normalized spacial score (nSPS) is 14.3. The van der Waals surface area contributed by atoms with E-state index in [4.69, 9.17) is 15.1 Å². The Balaban J connectivity index is 1.28. The number of aromatic nitrogens is 1.